The van der Waals surface area contributed by atoms with Crippen LogP contribution in [-0.2, 0) is 6.54 Å². The van der Waals surface area contributed by atoms with Crippen molar-refractivity contribution in [1.82, 2.24) is 9.97 Å². The van der Waals surface area contributed by atoms with Crippen molar-refractivity contribution in [3.05, 3.63) is 77.6 Å². The van der Waals surface area contributed by atoms with Crippen LogP contribution in [0.2, 0.25) is 5.02 Å². The number of nitrogens with zero attached hydrogens (tertiary/aromatic N) is 2. The van der Waals surface area contributed by atoms with Crippen LogP contribution in [0.3, 0.4) is 0 Å². The van der Waals surface area contributed by atoms with Crippen molar-refractivity contribution in [3.63, 3.8) is 0 Å². The molecule has 21 heavy (non-hydrogen) atoms. The quantitative estimate of drug-likeness (QED) is 0.775. The van der Waals surface area contributed by atoms with E-state index in [4.69, 9.17) is 11.6 Å². The van der Waals surface area contributed by atoms with Crippen LogP contribution < -0.4 is 5.32 Å². The highest BCUT2D eigenvalue weighted by atomic mass is 35.5. The van der Waals surface area contributed by atoms with Crippen LogP contribution in [-0.4, -0.2) is 9.97 Å². The average Bonchev–Trinajstić information content (AvgIpc) is 2.54. The van der Waals surface area contributed by atoms with Crippen LogP contribution >= 0.6 is 11.6 Å². The van der Waals surface area contributed by atoms with E-state index in [-0.39, 0.29) is 0 Å². The molecule has 0 aliphatic carbocycles. The molecule has 0 bridgehead atoms. The van der Waals surface area contributed by atoms with E-state index in [1.807, 2.05) is 60.8 Å². The van der Waals surface area contributed by atoms with Crippen LogP contribution in [0.5, 0.6) is 0 Å². The summed E-state index contributed by atoms with van der Waals surface area (Å²) in [4.78, 5) is 8.71. The van der Waals surface area contributed by atoms with Crippen LogP contribution in [0.25, 0.3) is 11.4 Å². The topological polar surface area (TPSA) is 37.8 Å². The molecule has 0 radical (unpaired) electrons. The third kappa shape index (κ3) is 3.58. The van der Waals surface area contributed by atoms with Gasteiger partial charge in [0.15, 0.2) is 0 Å². The Balaban J connectivity index is 1.68. The number of pyridine rings is 2. The first kappa shape index (κ1) is 13.6. The summed E-state index contributed by atoms with van der Waals surface area (Å²) < 4.78 is 0. The van der Waals surface area contributed by atoms with Gasteiger partial charge in [-0.2, -0.15) is 0 Å². The van der Waals surface area contributed by atoms with E-state index in [1.54, 1.807) is 6.20 Å². The average molecular weight is 296 g/mol. The summed E-state index contributed by atoms with van der Waals surface area (Å²) in [5.74, 6) is 0. The second-order valence-corrected chi connectivity index (χ2v) is 5.07. The molecule has 0 fully saturated rings. The molecule has 0 saturated heterocycles. The fourth-order valence-electron chi connectivity index (χ4n) is 2.02. The van der Waals surface area contributed by atoms with E-state index >= 15 is 0 Å². The molecule has 0 aliphatic heterocycles. The Morgan fingerprint density at radius 1 is 0.905 bits per heavy atom. The predicted octanol–water partition coefficient (Wildman–Crippen LogP) is 4.41. The number of benzene rings is 1. The molecule has 0 amide bonds. The number of aromatic nitrogens is 2. The maximum atomic E-state index is 5.97. The van der Waals surface area contributed by atoms with E-state index in [2.05, 4.69) is 15.3 Å². The molecule has 4 heteroatoms. The van der Waals surface area contributed by atoms with Crippen molar-refractivity contribution in [1.29, 1.82) is 0 Å². The monoisotopic (exact) mass is 295 g/mol. The Bertz CT molecular complexity index is 712. The van der Waals surface area contributed by atoms with Crippen molar-refractivity contribution in [2.75, 3.05) is 5.32 Å². The third-order valence-corrected chi connectivity index (χ3v) is 3.31. The first-order valence-corrected chi connectivity index (χ1v) is 7.05. The van der Waals surface area contributed by atoms with Gasteiger partial charge in [-0.15, -0.1) is 0 Å². The van der Waals surface area contributed by atoms with Gasteiger partial charge in [0, 0.05) is 17.8 Å². The number of hydrogen-bond acceptors (Lipinski definition) is 3. The summed E-state index contributed by atoms with van der Waals surface area (Å²) >= 11 is 5.97. The summed E-state index contributed by atoms with van der Waals surface area (Å²) in [5.41, 5.74) is 3.84. The Morgan fingerprint density at radius 2 is 1.81 bits per heavy atom. The van der Waals surface area contributed by atoms with Gasteiger partial charge in [0.25, 0.3) is 0 Å². The van der Waals surface area contributed by atoms with Gasteiger partial charge in [0.1, 0.15) is 0 Å². The van der Waals surface area contributed by atoms with Crippen LogP contribution in [0.1, 0.15) is 5.56 Å². The second-order valence-electron chi connectivity index (χ2n) is 4.63. The zero-order valence-electron chi connectivity index (χ0n) is 11.3. The number of nitrogens with one attached hydrogen (secondary N) is 1. The number of anilines is 1. The summed E-state index contributed by atoms with van der Waals surface area (Å²) in [6.07, 6.45) is 3.58. The maximum Gasteiger partial charge on any atom is 0.0887 e. The zero-order valence-corrected chi connectivity index (χ0v) is 12.1. The Morgan fingerprint density at radius 3 is 2.52 bits per heavy atom. The third-order valence-electron chi connectivity index (χ3n) is 3.08. The van der Waals surface area contributed by atoms with Crippen LogP contribution in [0.15, 0.2) is 67.0 Å². The molecule has 0 spiro atoms. The highest BCUT2D eigenvalue weighted by Crippen LogP contribution is 2.17. The van der Waals surface area contributed by atoms with Gasteiger partial charge < -0.3 is 5.32 Å². The van der Waals surface area contributed by atoms with Gasteiger partial charge in [-0.25, -0.2) is 0 Å². The first-order chi connectivity index (χ1) is 10.3. The van der Waals surface area contributed by atoms with Crippen molar-refractivity contribution in [2.24, 2.45) is 0 Å². The molecule has 1 N–H and O–H groups in total. The standard InChI is InChI=1S/C17H14ClN3/c18-14-5-3-4-13(10-14)11-20-15-7-8-17(21-12-15)16-6-1-2-9-19-16/h1-10,12,20H,11H2. The maximum absolute atomic E-state index is 5.97. The second kappa shape index (κ2) is 6.37. The number of halogens is 1. The molecule has 0 atom stereocenters. The zero-order chi connectivity index (χ0) is 14.5. The van der Waals surface area contributed by atoms with Crippen molar-refractivity contribution >= 4 is 17.3 Å². The van der Waals surface area contributed by atoms with E-state index in [0.29, 0.717) is 6.54 Å². The fourth-order valence-corrected chi connectivity index (χ4v) is 2.23. The van der Waals surface area contributed by atoms with Crippen molar-refractivity contribution in [2.45, 2.75) is 6.54 Å². The molecule has 3 aromatic rings. The summed E-state index contributed by atoms with van der Waals surface area (Å²) in [7, 11) is 0. The van der Waals surface area contributed by atoms with Gasteiger partial charge in [-0.3, -0.25) is 9.97 Å². The summed E-state index contributed by atoms with van der Waals surface area (Å²) in [5, 5.41) is 4.07. The van der Waals surface area contributed by atoms with E-state index in [1.165, 1.54) is 0 Å². The highest BCUT2D eigenvalue weighted by molar-refractivity contribution is 6.30. The lowest BCUT2D eigenvalue weighted by molar-refractivity contribution is 1.14. The van der Waals surface area contributed by atoms with Gasteiger partial charge in [-0.1, -0.05) is 29.8 Å². The molecule has 3 rings (SSSR count). The van der Waals surface area contributed by atoms with Gasteiger partial charge in [0.05, 0.1) is 23.3 Å². The van der Waals surface area contributed by atoms with Crippen molar-refractivity contribution < 1.29 is 0 Å². The minimum atomic E-state index is 0.713. The number of hydrogen-bond donors (Lipinski definition) is 1. The minimum absolute atomic E-state index is 0.713. The minimum Gasteiger partial charge on any atom is -0.380 e. The van der Waals surface area contributed by atoms with E-state index < -0.39 is 0 Å². The fraction of sp³-hybridized carbons (Fsp3) is 0.0588. The van der Waals surface area contributed by atoms with Gasteiger partial charge in [0.2, 0.25) is 0 Å². The van der Waals surface area contributed by atoms with E-state index in [9.17, 15) is 0 Å². The molecule has 0 unspecified atom stereocenters. The highest BCUT2D eigenvalue weighted by Gasteiger charge is 2.00. The van der Waals surface area contributed by atoms with Crippen LogP contribution in [0, 0.1) is 0 Å². The first-order valence-electron chi connectivity index (χ1n) is 6.67. The molecule has 0 aliphatic rings. The molecular weight excluding hydrogens is 282 g/mol. The molecule has 104 valence electrons. The van der Waals surface area contributed by atoms with Gasteiger partial charge in [-0.05, 0) is 42.0 Å². The van der Waals surface area contributed by atoms with Crippen LogP contribution in [0.4, 0.5) is 5.69 Å². The van der Waals surface area contributed by atoms with Crippen molar-refractivity contribution in [3.8, 4) is 11.4 Å². The lowest BCUT2D eigenvalue weighted by atomic mass is 10.2. The summed E-state index contributed by atoms with van der Waals surface area (Å²) in [6.45, 7) is 0.713. The lowest BCUT2D eigenvalue weighted by Gasteiger charge is -2.07. The largest absolute Gasteiger partial charge is 0.380 e. The summed E-state index contributed by atoms with van der Waals surface area (Å²) in [6, 6.07) is 17.6. The molecule has 2 aromatic heterocycles. The SMILES string of the molecule is Clc1cccc(CNc2ccc(-c3ccccn3)nc2)c1. The number of rotatable bonds is 4. The molecule has 2 heterocycles. The Kier molecular flexibility index (Phi) is 4.12. The Hall–Kier alpha value is -2.39. The molecular formula is C17H14ClN3. The smallest absolute Gasteiger partial charge is 0.0887 e. The lowest BCUT2D eigenvalue weighted by Crippen LogP contribution is -1.99. The predicted molar refractivity (Wildman–Crippen MR) is 86.2 cm³/mol. The molecule has 0 saturated carbocycles. The Labute approximate surface area is 128 Å². The molecule has 1 aromatic carbocycles. The molecule has 3 nitrogen and oxygen atoms in total. The van der Waals surface area contributed by atoms with Gasteiger partial charge >= 0.3 is 0 Å². The normalized spacial score (nSPS) is 10.3. The van der Waals surface area contributed by atoms with E-state index in [0.717, 1.165) is 27.7 Å².